The molecule has 0 aromatic heterocycles. The molecule has 0 heterocycles. The van der Waals surface area contributed by atoms with E-state index >= 15 is 0 Å². The third-order valence-corrected chi connectivity index (χ3v) is 4.98. The molecule has 1 aliphatic carbocycles. The van der Waals surface area contributed by atoms with Crippen LogP contribution in [0.4, 0.5) is 11.4 Å². The minimum Gasteiger partial charge on any atom is -0.497 e. The summed E-state index contributed by atoms with van der Waals surface area (Å²) in [6, 6.07) is 18.3. The van der Waals surface area contributed by atoms with Crippen LogP contribution in [-0.4, -0.2) is 27.2 Å². The second-order valence-electron chi connectivity index (χ2n) is 6.42. The van der Waals surface area contributed by atoms with Gasteiger partial charge in [0.25, 0.3) is 0 Å². The summed E-state index contributed by atoms with van der Waals surface area (Å²) < 4.78 is 5.21. The summed E-state index contributed by atoms with van der Waals surface area (Å²) in [6.45, 7) is 0. The van der Waals surface area contributed by atoms with Crippen molar-refractivity contribution in [2.24, 2.45) is 0 Å². The Labute approximate surface area is 153 Å². The van der Waals surface area contributed by atoms with Crippen LogP contribution in [0, 0.1) is 5.41 Å². The zero-order valence-electron chi connectivity index (χ0n) is 15.2. The molecule has 1 N–H and O–H groups in total. The Morgan fingerprint density at radius 2 is 1.54 bits per heavy atom. The lowest BCUT2D eigenvalue weighted by Crippen LogP contribution is -2.39. The van der Waals surface area contributed by atoms with E-state index in [0.29, 0.717) is 5.96 Å². The van der Waals surface area contributed by atoms with Crippen molar-refractivity contribution in [2.75, 3.05) is 31.0 Å². The maximum Gasteiger partial charge on any atom is 0.202 e. The summed E-state index contributed by atoms with van der Waals surface area (Å²) in [4.78, 5) is 3.78. The van der Waals surface area contributed by atoms with Gasteiger partial charge in [-0.25, -0.2) is 0 Å². The van der Waals surface area contributed by atoms with E-state index in [2.05, 4.69) is 42.5 Å². The summed E-state index contributed by atoms with van der Waals surface area (Å²) in [5, 5.41) is 11.1. The van der Waals surface area contributed by atoms with Crippen LogP contribution < -0.4 is 14.5 Å². The molecule has 3 aromatic rings. The highest BCUT2D eigenvalue weighted by atomic mass is 16.5. The highest BCUT2D eigenvalue weighted by Gasteiger charge is 2.18. The molecule has 0 amide bonds. The number of nitrogens with zero attached hydrogens (tertiary/aromatic N) is 2. The number of hydrogen-bond acceptors (Lipinski definition) is 2. The predicted octanol–water partition coefficient (Wildman–Crippen LogP) is 4.84. The molecule has 4 heteroatoms. The number of nitrogens with one attached hydrogen (secondary N) is 1. The Morgan fingerprint density at radius 1 is 0.846 bits per heavy atom. The molecule has 26 heavy (non-hydrogen) atoms. The molecular formula is C22H21N3O. The van der Waals surface area contributed by atoms with Crippen LogP contribution in [-0.2, 0) is 0 Å². The quantitative estimate of drug-likeness (QED) is 0.427. The first-order valence-corrected chi connectivity index (χ1v) is 8.54. The van der Waals surface area contributed by atoms with Crippen LogP contribution in [0.1, 0.15) is 11.1 Å². The third kappa shape index (κ3) is 2.51. The standard InChI is InChI=1S/C22H21N3O/c1-24(17-10-12-18(26-3)13-11-17)22(23)25(2)20-14-9-16-8-7-15-5-4-6-19(20)21(15)16/h4-14,23H,1-3H3. The van der Waals surface area contributed by atoms with Crippen molar-refractivity contribution in [3.05, 3.63) is 65.7 Å². The molecule has 4 nitrogen and oxygen atoms in total. The van der Waals surface area contributed by atoms with E-state index in [1.807, 2.05) is 48.2 Å². The summed E-state index contributed by atoms with van der Waals surface area (Å²) in [7, 11) is 5.50. The second kappa shape index (κ2) is 6.23. The van der Waals surface area contributed by atoms with Gasteiger partial charge in [-0.3, -0.25) is 5.41 Å². The number of benzene rings is 3. The summed E-state index contributed by atoms with van der Waals surface area (Å²) in [5.41, 5.74) is 4.44. The van der Waals surface area contributed by atoms with Crippen LogP contribution in [0.2, 0.25) is 0 Å². The SMILES string of the molecule is COc1ccc(N(C)C(=N)N(C)c2ccc3c4c(cccc24)C=C3)cc1. The van der Waals surface area contributed by atoms with Gasteiger partial charge in [0.15, 0.2) is 0 Å². The van der Waals surface area contributed by atoms with Crippen molar-refractivity contribution in [3.8, 4) is 5.75 Å². The van der Waals surface area contributed by atoms with E-state index in [-0.39, 0.29) is 0 Å². The molecule has 0 saturated carbocycles. The Morgan fingerprint density at radius 3 is 2.23 bits per heavy atom. The van der Waals surface area contributed by atoms with Crippen LogP contribution in [0.15, 0.2) is 54.6 Å². The van der Waals surface area contributed by atoms with E-state index in [1.54, 1.807) is 7.11 Å². The highest BCUT2D eigenvalue weighted by molar-refractivity contribution is 6.14. The van der Waals surface area contributed by atoms with Crippen molar-refractivity contribution in [1.82, 2.24) is 0 Å². The van der Waals surface area contributed by atoms with Gasteiger partial charge in [0.1, 0.15) is 5.75 Å². The van der Waals surface area contributed by atoms with Gasteiger partial charge in [0, 0.05) is 25.2 Å². The van der Waals surface area contributed by atoms with Crippen molar-refractivity contribution in [1.29, 1.82) is 5.41 Å². The van der Waals surface area contributed by atoms with Crippen molar-refractivity contribution in [3.63, 3.8) is 0 Å². The van der Waals surface area contributed by atoms with E-state index in [0.717, 1.165) is 17.1 Å². The molecule has 0 radical (unpaired) electrons. The summed E-state index contributed by atoms with van der Waals surface area (Å²) in [6.07, 6.45) is 4.30. The Balaban J connectivity index is 1.68. The second-order valence-corrected chi connectivity index (χ2v) is 6.42. The summed E-state index contributed by atoms with van der Waals surface area (Å²) >= 11 is 0. The van der Waals surface area contributed by atoms with Gasteiger partial charge < -0.3 is 14.5 Å². The monoisotopic (exact) mass is 343 g/mol. The first-order valence-electron chi connectivity index (χ1n) is 8.54. The Kier molecular flexibility index (Phi) is 3.88. The molecule has 1 aliphatic rings. The molecule has 0 bridgehead atoms. The third-order valence-electron chi connectivity index (χ3n) is 4.98. The number of rotatable bonds is 3. The smallest absolute Gasteiger partial charge is 0.202 e. The fourth-order valence-electron chi connectivity index (χ4n) is 3.46. The lowest BCUT2D eigenvalue weighted by atomic mass is 10.0. The van der Waals surface area contributed by atoms with Crippen LogP contribution in [0.3, 0.4) is 0 Å². The van der Waals surface area contributed by atoms with Gasteiger partial charge in [0.05, 0.1) is 12.8 Å². The largest absolute Gasteiger partial charge is 0.497 e. The molecule has 0 aliphatic heterocycles. The van der Waals surface area contributed by atoms with Gasteiger partial charge >= 0.3 is 0 Å². The normalized spacial score (nSPS) is 11.7. The average molecular weight is 343 g/mol. The van der Waals surface area contributed by atoms with Crippen molar-refractivity contribution in [2.45, 2.75) is 0 Å². The highest BCUT2D eigenvalue weighted by Crippen LogP contribution is 2.36. The Bertz CT molecular complexity index is 1010. The van der Waals surface area contributed by atoms with Crippen LogP contribution in [0.25, 0.3) is 22.9 Å². The minimum absolute atomic E-state index is 0.404. The molecule has 0 saturated heterocycles. The lowest BCUT2D eigenvalue weighted by molar-refractivity contribution is 0.415. The van der Waals surface area contributed by atoms with E-state index in [4.69, 9.17) is 10.1 Å². The van der Waals surface area contributed by atoms with Crippen molar-refractivity contribution >= 4 is 40.3 Å². The predicted molar refractivity (Wildman–Crippen MR) is 110 cm³/mol. The fraction of sp³-hybridized carbons (Fsp3) is 0.136. The zero-order chi connectivity index (χ0) is 18.3. The fourth-order valence-corrected chi connectivity index (χ4v) is 3.46. The van der Waals surface area contributed by atoms with Gasteiger partial charge in [-0.2, -0.15) is 0 Å². The van der Waals surface area contributed by atoms with Gasteiger partial charge in [0.2, 0.25) is 5.96 Å². The Hall–Kier alpha value is -3.27. The van der Waals surface area contributed by atoms with Crippen LogP contribution in [0.5, 0.6) is 5.75 Å². The molecule has 0 fully saturated rings. The van der Waals surface area contributed by atoms with Gasteiger partial charge in [-0.05, 0) is 46.8 Å². The lowest BCUT2D eigenvalue weighted by Gasteiger charge is -2.29. The molecule has 3 aromatic carbocycles. The molecule has 0 unspecified atom stereocenters. The first kappa shape index (κ1) is 16.2. The number of methoxy groups -OCH3 is 1. The number of ether oxygens (including phenoxy) is 1. The van der Waals surface area contributed by atoms with E-state index in [1.165, 1.54) is 21.9 Å². The molecule has 130 valence electrons. The number of hydrogen-bond donors (Lipinski definition) is 1. The number of anilines is 2. The topological polar surface area (TPSA) is 39.6 Å². The zero-order valence-corrected chi connectivity index (χ0v) is 15.2. The summed E-state index contributed by atoms with van der Waals surface area (Å²) in [5.74, 6) is 1.21. The molecule has 0 atom stereocenters. The van der Waals surface area contributed by atoms with Gasteiger partial charge in [-0.1, -0.05) is 36.4 Å². The number of guanidine groups is 1. The maximum absolute atomic E-state index is 8.68. The van der Waals surface area contributed by atoms with Gasteiger partial charge in [-0.15, -0.1) is 0 Å². The van der Waals surface area contributed by atoms with Crippen molar-refractivity contribution < 1.29 is 4.74 Å². The van der Waals surface area contributed by atoms with Crippen LogP contribution >= 0.6 is 0 Å². The molecular weight excluding hydrogens is 322 g/mol. The van der Waals surface area contributed by atoms with E-state index in [9.17, 15) is 0 Å². The minimum atomic E-state index is 0.404. The maximum atomic E-state index is 8.68. The van der Waals surface area contributed by atoms with E-state index < -0.39 is 0 Å². The first-order chi connectivity index (χ1) is 12.6. The molecule has 4 rings (SSSR count). The average Bonchev–Trinajstić information content (AvgIpc) is 3.12. The molecule has 0 spiro atoms.